The van der Waals surface area contributed by atoms with E-state index in [0.717, 1.165) is 25.1 Å². The van der Waals surface area contributed by atoms with Crippen molar-refractivity contribution in [1.82, 2.24) is 5.32 Å². The Morgan fingerprint density at radius 1 is 1.50 bits per heavy atom. The first-order chi connectivity index (χ1) is 6.77. The van der Waals surface area contributed by atoms with Gasteiger partial charge in [-0.1, -0.05) is 12.1 Å². The lowest BCUT2D eigenvalue weighted by molar-refractivity contribution is 0.467. The van der Waals surface area contributed by atoms with Gasteiger partial charge < -0.3 is 11.1 Å². The molecule has 0 saturated carbocycles. The fourth-order valence-corrected chi connectivity index (χ4v) is 1.97. The Morgan fingerprint density at radius 2 is 2.36 bits per heavy atom. The van der Waals surface area contributed by atoms with Gasteiger partial charge in [-0.3, -0.25) is 0 Å². The highest BCUT2D eigenvalue weighted by atomic mass is 19.1. The predicted octanol–water partition coefficient (Wildman–Crippen LogP) is 1.44. The fourth-order valence-electron chi connectivity index (χ4n) is 1.97. The standard InChI is InChI=1S/C11H15FN2/c12-10-3-1-2-8(6-10)11(13)9-4-5-14-7-9/h1-3,6,9,11,14H,4-5,7,13H2. The second kappa shape index (κ2) is 4.07. The summed E-state index contributed by atoms with van der Waals surface area (Å²) in [4.78, 5) is 0. The van der Waals surface area contributed by atoms with Crippen LogP contribution in [-0.2, 0) is 0 Å². The van der Waals surface area contributed by atoms with Gasteiger partial charge in [0.15, 0.2) is 0 Å². The zero-order valence-corrected chi connectivity index (χ0v) is 8.04. The zero-order valence-electron chi connectivity index (χ0n) is 8.04. The maximum Gasteiger partial charge on any atom is 0.123 e. The molecule has 1 fully saturated rings. The predicted molar refractivity (Wildman–Crippen MR) is 54.3 cm³/mol. The first kappa shape index (κ1) is 9.62. The van der Waals surface area contributed by atoms with Gasteiger partial charge in [0.05, 0.1) is 0 Å². The number of nitrogens with two attached hydrogens (primary N) is 1. The van der Waals surface area contributed by atoms with Crippen molar-refractivity contribution in [2.24, 2.45) is 11.7 Å². The average molecular weight is 194 g/mol. The largest absolute Gasteiger partial charge is 0.324 e. The van der Waals surface area contributed by atoms with Crippen LogP contribution in [0, 0.1) is 11.7 Å². The van der Waals surface area contributed by atoms with Crippen LogP contribution in [0.2, 0.25) is 0 Å². The van der Waals surface area contributed by atoms with Crippen LogP contribution in [0.1, 0.15) is 18.0 Å². The van der Waals surface area contributed by atoms with Crippen molar-refractivity contribution in [1.29, 1.82) is 0 Å². The quantitative estimate of drug-likeness (QED) is 0.747. The van der Waals surface area contributed by atoms with Gasteiger partial charge in [-0.15, -0.1) is 0 Å². The minimum absolute atomic E-state index is 0.0410. The van der Waals surface area contributed by atoms with E-state index in [1.54, 1.807) is 6.07 Å². The van der Waals surface area contributed by atoms with Crippen molar-refractivity contribution in [3.8, 4) is 0 Å². The Balaban J connectivity index is 2.13. The molecular formula is C11H15FN2. The molecule has 3 N–H and O–H groups in total. The van der Waals surface area contributed by atoms with Gasteiger partial charge in [-0.2, -0.15) is 0 Å². The Hall–Kier alpha value is -0.930. The monoisotopic (exact) mass is 194 g/mol. The zero-order chi connectivity index (χ0) is 9.97. The Bertz CT molecular complexity index is 308. The van der Waals surface area contributed by atoms with E-state index in [1.165, 1.54) is 12.1 Å². The molecule has 76 valence electrons. The molecule has 14 heavy (non-hydrogen) atoms. The molecule has 2 atom stereocenters. The summed E-state index contributed by atoms with van der Waals surface area (Å²) < 4.78 is 12.9. The molecule has 1 saturated heterocycles. The number of rotatable bonds is 2. The first-order valence-electron chi connectivity index (χ1n) is 4.99. The molecule has 0 spiro atoms. The Labute approximate surface area is 83.3 Å². The summed E-state index contributed by atoms with van der Waals surface area (Å²) in [5.74, 6) is 0.237. The van der Waals surface area contributed by atoms with Crippen LogP contribution in [0.3, 0.4) is 0 Å². The van der Waals surface area contributed by atoms with Crippen LogP contribution >= 0.6 is 0 Å². The van der Waals surface area contributed by atoms with Crippen LogP contribution in [-0.4, -0.2) is 13.1 Å². The molecule has 3 heteroatoms. The Kier molecular flexibility index (Phi) is 2.79. The van der Waals surface area contributed by atoms with Gasteiger partial charge in [0.1, 0.15) is 5.82 Å². The third-order valence-corrected chi connectivity index (χ3v) is 2.84. The summed E-state index contributed by atoms with van der Waals surface area (Å²) in [6, 6.07) is 6.55. The summed E-state index contributed by atoms with van der Waals surface area (Å²) in [5.41, 5.74) is 6.96. The fraction of sp³-hybridized carbons (Fsp3) is 0.455. The van der Waals surface area contributed by atoms with E-state index in [1.807, 2.05) is 6.07 Å². The third kappa shape index (κ3) is 1.94. The van der Waals surface area contributed by atoms with E-state index in [4.69, 9.17) is 5.73 Å². The van der Waals surface area contributed by atoms with Crippen molar-refractivity contribution in [2.75, 3.05) is 13.1 Å². The lowest BCUT2D eigenvalue weighted by Crippen LogP contribution is -2.23. The first-order valence-corrected chi connectivity index (χ1v) is 4.99. The van der Waals surface area contributed by atoms with E-state index in [0.29, 0.717) is 5.92 Å². The minimum Gasteiger partial charge on any atom is -0.324 e. The molecule has 1 heterocycles. The maximum atomic E-state index is 12.9. The smallest absolute Gasteiger partial charge is 0.123 e. The maximum absolute atomic E-state index is 12.9. The van der Waals surface area contributed by atoms with Crippen molar-refractivity contribution < 1.29 is 4.39 Å². The normalized spacial score (nSPS) is 23.7. The molecule has 0 aliphatic carbocycles. The van der Waals surface area contributed by atoms with E-state index in [9.17, 15) is 4.39 Å². The number of nitrogens with one attached hydrogen (secondary N) is 1. The molecular weight excluding hydrogens is 179 g/mol. The highest BCUT2D eigenvalue weighted by molar-refractivity contribution is 5.20. The lowest BCUT2D eigenvalue weighted by Gasteiger charge is -2.18. The molecule has 2 unspecified atom stereocenters. The van der Waals surface area contributed by atoms with Crippen LogP contribution in [0.4, 0.5) is 4.39 Å². The number of benzene rings is 1. The average Bonchev–Trinajstić information content (AvgIpc) is 2.69. The van der Waals surface area contributed by atoms with Crippen molar-refractivity contribution in [3.05, 3.63) is 35.6 Å². The van der Waals surface area contributed by atoms with E-state index in [-0.39, 0.29) is 11.9 Å². The molecule has 0 bridgehead atoms. The summed E-state index contributed by atoms with van der Waals surface area (Å²) in [6.07, 6.45) is 1.08. The van der Waals surface area contributed by atoms with Gasteiger partial charge in [0.2, 0.25) is 0 Å². The topological polar surface area (TPSA) is 38.0 Å². The molecule has 1 aromatic carbocycles. The van der Waals surface area contributed by atoms with E-state index in [2.05, 4.69) is 5.32 Å². The molecule has 2 nitrogen and oxygen atoms in total. The molecule has 0 radical (unpaired) electrons. The molecule has 0 amide bonds. The molecule has 0 aromatic heterocycles. The van der Waals surface area contributed by atoms with Crippen LogP contribution in [0.15, 0.2) is 24.3 Å². The van der Waals surface area contributed by atoms with E-state index >= 15 is 0 Å². The molecule has 1 aromatic rings. The van der Waals surface area contributed by atoms with Gasteiger partial charge >= 0.3 is 0 Å². The van der Waals surface area contributed by atoms with E-state index < -0.39 is 0 Å². The molecule has 2 rings (SSSR count). The lowest BCUT2D eigenvalue weighted by atomic mass is 9.93. The van der Waals surface area contributed by atoms with Crippen molar-refractivity contribution in [3.63, 3.8) is 0 Å². The summed E-state index contributed by atoms with van der Waals surface area (Å²) in [6.45, 7) is 1.96. The van der Waals surface area contributed by atoms with Gasteiger partial charge in [-0.25, -0.2) is 4.39 Å². The van der Waals surface area contributed by atoms with Gasteiger partial charge in [0.25, 0.3) is 0 Å². The number of hydrogen-bond donors (Lipinski definition) is 2. The Morgan fingerprint density at radius 3 is 3.00 bits per heavy atom. The second-order valence-electron chi connectivity index (χ2n) is 3.83. The number of hydrogen-bond acceptors (Lipinski definition) is 2. The second-order valence-corrected chi connectivity index (χ2v) is 3.83. The highest BCUT2D eigenvalue weighted by Gasteiger charge is 2.22. The van der Waals surface area contributed by atoms with Crippen LogP contribution in [0.5, 0.6) is 0 Å². The van der Waals surface area contributed by atoms with Crippen LogP contribution < -0.4 is 11.1 Å². The SMILES string of the molecule is NC(c1cccc(F)c1)C1CCNC1. The molecule has 1 aliphatic rings. The minimum atomic E-state index is -0.205. The summed E-state index contributed by atoms with van der Waals surface area (Å²) in [7, 11) is 0. The third-order valence-electron chi connectivity index (χ3n) is 2.84. The molecule has 1 aliphatic heterocycles. The van der Waals surface area contributed by atoms with Gasteiger partial charge in [0, 0.05) is 6.04 Å². The summed E-state index contributed by atoms with van der Waals surface area (Å²) >= 11 is 0. The van der Waals surface area contributed by atoms with Crippen LogP contribution in [0.25, 0.3) is 0 Å². The number of halogens is 1. The highest BCUT2D eigenvalue weighted by Crippen LogP contribution is 2.24. The van der Waals surface area contributed by atoms with Crippen molar-refractivity contribution >= 4 is 0 Å². The van der Waals surface area contributed by atoms with Crippen molar-refractivity contribution in [2.45, 2.75) is 12.5 Å². The summed E-state index contributed by atoms with van der Waals surface area (Å²) in [5, 5.41) is 3.26. The van der Waals surface area contributed by atoms with Gasteiger partial charge in [-0.05, 0) is 43.1 Å².